The van der Waals surface area contributed by atoms with Crippen molar-refractivity contribution in [3.63, 3.8) is 0 Å². The van der Waals surface area contributed by atoms with Crippen molar-refractivity contribution in [2.45, 2.75) is 27.4 Å². The number of nitrogens with zero attached hydrogens (tertiary/aromatic N) is 2. The summed E-state index contributed by atoms with van der Waals surface area (Å²) >= 11 is 0. The first-order chi connectivity index (χ1) is 13.7. The van der Waals surface area contributed by atoms with Crippen molar-refractivity contribution in [1.29, 1.82) is 0 Å². The fourth-order valence-electron chi connectivity index (χ4n) is 2.82. The highest BCUT2D eigenvalue weighted by Gasteiger charge is 2.22. The summed E-state index contributed by atoms with van der Waals surface area (Å²) in [5.41, 5.74) is 0.547. The van der Waals surface area contributed by atoms with Gasteiger partial charge in [0.1, 0.15) is 23.9 Å². The average molecular weight is 403 g/mol. The number of benzene rings is 1. The molecule has 3 aromatic rings. The lowest BCUT2D eigenvalue weighted by atomic mass is 9.95. The van der Waals surface area contributed by atoms with Gasteiger partial charge < -0.3 is 15.2 Å². The number of aryl methyl sites for hydroxylation is 1. The van der Waals surface area contributed by atoms with Crippen LogP contribution in [0.4, 0.5) is 8.78 Å². The summed E-state index contributed by atoms with van der Waals surface area (Å²) in [4.78, 5) is 17.1. The fourth-order valence-corrected chi connectivity index (χ4v) is 2.82. The second-order valence-corrected chi connectivity index (χ2v) is 7.61. The third-order valence-electron chi connectivity index (χ3n) is 4.59. The number of hydrogen-bond donors (Lipinski definition) is 2. The van der Waals surface area contributed by atoms with Crippen LogP contribution in [0.2, 0.25) is 0 Å². The van der Waals surface area contributed by atoms with Crippen LogP contribution < -0.4 is 10.1 Å². The highest BCUT2D eigenvalue weighted by atomic mass is 19.1. The molecule has 0 unspecified atom stereocenters. The topological polar surface area (TPSA) is 75.9 Å². The Morgan fingerprint density at radius 3 is 2.59 bits per heavy atom. The molecule has 2 N–H and O–H groups in total. The molecule has 8 heteroatoms. The van der Waals surface area contributed by atoms with Crippen LogP contribution in [-0.4, -0.2) is 33.6 Å². The molecular weight excluding hydrogens is 380 g/mol. The molecule has 0 spiro atoms. The maximum Gasteiger partial charge on any atom is 0.270 e. The molecule has 0 bridgehead atoms. The third kappa shape index (κ3) is 4.37. The molecule has 0 aliphatic heterocycles. The van der Waals surface area contributed by atoms with Crippen LogP contribution in [0.3, 0.4) is 0 Å². The number of aromatic nitrogens is 2. The molecule has 0 saturated heterocycles. The third-order valence-corrected chi connectivity index (χ3v) is 4.59. The van der Waals surface area contributed by atoms with Crippen LogP contribution >= 0.6 is 0 Å². The zero-order chi connectivity index (χ0) is 21.2. The summed E-state index contributed by atoms with van der Waals surface area (Å²) in [5.74, 6) is -1.42. The summed E-state index contributed by atoms with van der Waals surface area (Å²) in [7, 11) is 0. The average Bonchev–Trinajstić information content (AvgIpc) is 3.02. The molecule has 0 saturated carbocycles. The number of carbonyl (C=O) groups excluding carboxylic acids is 1. The van der Waals surface area contributed by atoms with E-state index in [2.05, 4.69) is 10.3 Å². The van der Waals surface area contributed by atoms with Gasteiger partial charge in [0.15, 0.2) is 11.4 Å². The van der Waals surface area contributed by atoms with Crippen molar-refractivity contribution in [3.8, 4) is 5.75 Å². The van der Waals surface area contributed by atoms with Gasteiger partial charge >= 0.3 is 0 Å². The molecule has 1 aromatic carbocycles. The van der Waals surface area contributed by atoms with Crippen LogP contribution in [0.15, 0.2) is 36.5 Å². The van der Waals surface area contributed by atoms with E-state index in [1.54, 1.807) is 29.7 Å². The van der Waals surface area contributed by atoms with Crippen molar-refractivity contribution >= 4 is 11.6 Å². The summed E-state index contributed by atoms with van der Waals surface area (Å²) in [6, 6.07) is 6.90. The summed E-state index contributed by atoms with van der Waals surface area (Å²) in [6.45, 7) is 5.28. The van der Waals surface area contributed by atoms with Crippen molar-refractivity contribution in [2.24, 2.45) is 5.41 Å². The zero-order valence-corrected chi connectivity index (χ0v) is 16.5. The van der Waals surface area contributed by atoms with Crippen molar-refractivity contribution in [1.82, 2.24) is 14.7 Å². The van der Waals surface area contributed by atoms with Crippen LogP contribution in [0.1, 0.15) is 35.6 Å². The lowest BCUT2D eigenvalue weighted by Crippen LogP contribution is -2.36. The Morgan fingerprint density at radius 2 is 1.93 bits per heavy atom. The van der Waals surface area contributed by atoms with Crippen LogP contribution in [-0.2, 0) is 6.61 Å². The molecule has 0 aliphatic rings. The van der Waals surface area contributed by atoms with Crippen molar-refractivity contribution in [2.75, 3.05) is 13.2 Å². The Morgan fingerprint density at radius 1 is 1.24 bits per heavy atom. The second kappa shape index (κ2) is 8.16. The molecule has 3 rings (SSSR count). The van der Waals surface area contributed by atoms with Gasteiger partial charge in [-0.15, -0.1) is 0 Å². The van der Waals surface area contributed by atoms with E-state index in [9.17, 15) is 18.7 Å². The van der Waals surface area contributed by atoms with Crippen LogP contribution in [0.5, 0.6) is 5.75 Å². The molecule has 2 heterocycles. The van der Waals surface area contributed by atoms with Gasteiger partial charge in [0.2, 0.25) is 0 Å². The second-order valence-electron chi connectivity index (χ2n) is 7.61. The predicted octanol–water partition coefficient (Wildman–Crippen LogP) is 3.25. The Kier molecular flexibility index (Phi) is 5.83. The molecule has 0 aliphatic carbocycles. The molecule has 154 valence electrons. The van der Waals surface area contributed by atoms with Gasteiger partial charge in [-0.05, 0) is 31.2 Å². The molecule has 0 atom stereocenters. The first-order valence-electron chi connectivity index (χ1n) is 9.16. The number of rotatable bonds is 7. The lowest BCUT2D eigenvalue weighted by Gasteiger charge is -2.21. The minimum absolute atomic E-state index is 0.0655. The van der Waals surface area contributed by atoms with E-state index in [1.165, 1.54) is 18.2 Å². The van der Waals surface area contributed by atoms with Gasteiger partial charge in [0, 0.05) is 24.8 Å². The molecule has 0 fully saturated rings. The zero-order valence-electron chi connectivity index (χ0n) is 16.5. The fraction of sp³-hybridized carbons (Fsp3) is 0.333. The number of pyridine rings is 1. The molecule has 1 amide bonds. The number of aliphatic hydroxyl groups is 1. The quantitative estimate of drug-likeness (QED) is 0.635. The van der Waals surface area contributed by atoms with E-state index >= 15 is 0 Å². The summed E-state index contributed by atoms with van der Waals surface area (Å²) in [6.07, 6.45) is 1.66. The van der Waals surface area contributed by atoms with E-state index < -0.39 is 17.0 Å². The summed E-state index contributed by atoms with van der Waals surface area (Å²) < 4.78 is 34.9. The van der Waals surface area contributed by atoms with Gasteiger partial charge in [-0.1, -0.05) is 19.9 Å². The molecule has 2 aromatic heterocycles. The smallest absolute Gasteiger partial charge is 0.270 e. The van der Waals surface area contributed by atoms with E-state index in [0.29, 0.717) is 22.8 Å². The number of imidazole rings is 1. The highest BCUT2D eigenvalue weighted by Crippen LogP contribution is 2.24. The van der Waals surface area contributed by atoms with E-state index in [4.69, 9.17) is 4.74 Å². The van der Waals surface area contributed by atoms with Gasteiger partial charge in [0.25, 0.3) is 5.91 Å². The van der Waals surface area contributed by atoms with Crippen molar-refractivity contribution < 1.29 is 23.4 Å². The SMILES string of the molecule is Cc1nc2c(OCc3c(F)cccc3F)cccn2c1C(=O)NCC(C)(C)CO. The van der Waals surface area contributed by atoms with E-state index in [0.717, 1.165) is 0 Å². The molecular formula is C21H23F2N3O3. The monoisotopic (exact) mass is 403 g/mol. The first kappa shape index (κ1) is 20.7. The highest BCUT2D eigenvalue weighted by molar-refractivity contribution is 5.95. The Bertz CT molecular complexity index is 1030. The number of hydrogen-bond acceptors (Lipinski definition) is 4. The molecule has 6 nitrogen and oxygen atoms in total. The molecule has 0 radical (unpaired) electrons. The van der Waals surface area contributed by atoms with Gasteiger partial charge in [-0.2, -0.15) is 0 Å². The Balaban J connectivity index is 1.87. The first-order valence-corrected chi connectivity index (χ1v) is 9.16. The van der Waals surface area contributed by atoms with Crippen molar-refractivity contribution in [3.05, 3.63) is 65.1 Å². The largest absolute Gasteiger partial charge is 0.485 e. The Labute approximate surface area is 167 Å². The Hall–Kier alpha value is -3.00. The number of ether oxygens (including phenoxy) is 1. The predicted molar refractivity (Wildman–Crippen MR) is 104 cm³/mol. The number of aliphatic hydroxyl groups excluding tert-OH is 1. The van der Waals surface area contributed by atoms with E-state index in [-0.39, 0.29) is 31.2 Å². The number of halogens is 2. The number of carbonyl (C=O) groups is 1. The van der Waals surface area contributed by atoms with Crippen LogP contribution in [0, 0.1) is 24.0 Å². The van der Waals surface area contributed by atoms with E-state index in [1.807, 2.05) is 13.8 Å². The summed E-state index contributed by atoms with van der Waals surface area (Å²) in [5, 5.41) is 12.2. The minimum atomic E-state index is -0.692. The van der Waals surface area contributed by atoms with Gasteiger partial charge in [-0.3, -0.25) is 9.20 Å². The molecule has 29 heavy (non-hydrogen) atoms. The minimum Gasteiger partial charge on any atom is -0.485 e. The maximum atomic E-state index is 13.8. The normalized spacial score (nSPS) is 11.7. The standard InChI is InChI=1S/C21H23F2N3O3/c1-13-18(20(28)24-11-21(2,3)12-27)26-9-5-8-17(19(26)25-13)29-10-14-15(22)6-4-7-16(14)23/h4-9,27H,10-12H2,1-3H3,(H,24,28). The maximum absolute atomic E-state index is 13.8. The number of amides is 1. The number of fused-ring (bicyclic) bond motifs is 1. The number of nitrogens with one attached hydrogen (secondary N) is 1. The van der Waals surface area contributed by atoms with Gasteiger partial charge in [-0.25, -0.2) is 13.8 Å². The lowest BCUT2D eigenvalue weighted by molar-refractivity contribution is 0.0904. The van der Waals surface area contributed by atoms with Gasteiger partial charge in [0.05, 0.1) is 11.3 Å². The van der Waals surface area contributed by atoms with Crippen LogP contribution in [0.25, 0.3) is 5.65 Å².